The molecule has 27 heavy (non-hydrogen) atoms. The number of aliphatic hydroxyl groups is 1. The van der Waals surface area contributed by atoms with Crippen LogP contribution in [0.1, 0.15) is 24.0 Å². The van der Waals surface area contributed by atoms with Crippen molar-refractivity contribution < 1.29 is 9.84 Å². The highest BCUT2D eigenvalue weighted by Gasteiger charge is 2.20. The molecular formula is C22H31N3O2. The van der Waals surface area contributed by atoms with Crippen LogP contribution in [0.25, 0.3) is 0 Å². The maximum Gasteiger partial charge on any atom is 0.0841 e. The van der Waals surface area contributed by atoms with Gasteiger partial charge in [-0.1, -0.05) is 24.3 Å². The summed E-state index contributed by atoms with van der Waals surface area (Å²) in [6.07, 6.45) is 9.35. The number of ether oxygens (including phenoxy) is 1. The Balaban J connectivity index is 1.21. The molecule has 5 heteroatoms. The van der Waals surface area contributed by atoms with Crippen molar-refractivity contribution in [3.63, 3.8) is 0 Å². The van der Waals surface area contributed by atoms with Gasteiger partial charge in [-0.3, -0.25) is 4.90 Å². The topological polar surface area (TPSA) is 48.0 Å². The molecule has 2 N–H and O–H groups in total. The maximum absolute atomic E-state index is 10.6. The molecule has 0 aliphatic carbocycles. The fraction of sp³-hybridized carbons (Fsp3) is 0.545. The molecule has 0 aromatic heterocycles. The van der Waals surface area contributed by atoms with Crippen molar-refractivity contribution in [2.45, 2.75) is 38.0 Å². The zero-order chi connectivity index (χ0) is 18.5. The molecule has 146 valence electrons. The van der Waals surface area contributed by atoms with Crippen LogP contribution in [-0.2, 0) is 17.7 Å². The minimum Gasteiger partial charge on any atom is -0.390 e. The van der Waals surface area contributed by atoms with Crippen LogP contribution in [0, 0.1) is 0 Å². The van der Waals surface area contributed by atoms with Crippen molar-refractivity contribution in [1.82, 2.24) is 15.1 Å². The van der Waals surface area contributed by atoms with E-state index in [2.05, 4.69) is 57.7 Å². The summed E-state index contributed by atoms with van der Waals surface area (Å²) < 4.78 is 5.41. The lowest BCUT2D eigenvalue weighted by Crippen LogP contribution is -2.41. The van der Waals surface area contributed by atoms with Gasteiger partial charge in [0.25, 0.3) is 0 Å². The fourth-order valence-corrected chi connectivity index (χ4v) is 4.19. The highest BCUT2D eigenvalue weighted by Crippen LogP contribution is 2.19. The van der Waals surface area contributed by atoms with E-state index in [-0.39, 0.29) is 6.10 Å². The predicted octanol–water partition coefficient (Wildman–Crippen LogP) is 1.89. The molecule has 5 nitrogen and oxygen atoms in total. The average Bonchev–Trinajstić information content (AvgIpc) is 2.70. The highest BCUT2D eigenvalue weighted by molar-refractivity contribution is 5.29. The Hall–Kier alpha value is -1.82. The average molecular weight is 370 g/mol. The summed E-state index contributed by atoms with van der Waals surface area (Å²) in [5.41, 5.74) is 4.05. The second kappa shape index (κ2) is 8.91. The van der Waals surface area contributed by atoms with Gasteiger partial charge in [0.1, 0.15) is 0 Å². The number of hydrogen-bond acceptors (Lipinski definition) is 5. The lowest BCUT2D eigenvalue weighted by molar-refractivity contribution is 0.0797. The molecule has 0 spiro atoms. The first-order valence-corrected chi connectivity index (χ1v) is 10.2. The number of fused-ring (bicyclic) bond motifs is 1. The summed E-state index contributed by atoms with van der Waals surface area (Å²) in [6, 6.07) is 9.17. The summed E-state index contributed by atoms with van der Waals surface area (Å²) in [7, 11) is 0. The van der Waals surface area contributed by atoms with E-state index in [1.807, 2.05) is 0 Å². The van der Waals surface area contributed by atoms with Gasteiger partial charge >= 0.3 is 0 Å². The second-order valence-electron chi connectivity index (χ2n) is 7.87. The lowest BCUT2D eigenvalue weighted by Gasteiger charge is -2.32. The molecule has 0 bridgehead atoms. The van der Waals surface area contributed by atoms with Crippen LogP contribution in [0.2, 0.25) is 0 Å². The predicted molar refractivity (Wildman–Crippen MR) is 107 cm³/mol. The van der Waals surface area contributed by atoms with Gasteiger partial charge in [0.2, 0.25) is 0 Å². The summed E-state index contributed by atoms with van der Waals surface area (Å²) in [5, 5.41) is 14.2. The Bertz CT molecular complexity index is 682. The lowest BCUT2D eigenvalue weighted by atomic mass is 10.00. The minimum atomic E-state index is -0.335. The number of nitrogens with zero attached hydrogens (tertiary/aromatic N) is 2. The van der Waals surface area contributed by atoms with Crippen LogP contribution in [0.4, 0.5) is 0 Å². The third-order valence-electron chi connectivity index (χ3n) is 5.73. The standard InChI is InChI=1S/C22H31N3O2/c26-22(17-25-10-5-18-3-1-2-4-19(18)15-25)16-24-11-6-20(7-12-24)23-21-8-13-27-14-9-21/h1-4,6-7,11,21-23,26H,5,8-10,12-17H2. The van der Waals surface area contributed by atoms with E-state index in [1.54, 1.807) is 0 Å². The van der Waals surface area contributed by atoms with E-state index in [4.69, 9.17) is 4.74 Å². The van der Waals surface area contributed by atoms with Crippen molar-refractivity contribution in [2.24, 2.45) is 0 Å². The molecule has 0 radical (unpaired) electrons. The summed E-state index contributed by atoms with van der Waals surface area (Å²) in [5.74, 6) is 0. The molecule has 3 aliphatic rings. The monoisotopic (exact) mass is 369 g/mol. The van der Waals surface area contributed by atoms with E-state index in [0.717, 1.165) is 58.7 Å². The van der Waals surface area contributed by atoms with Crippen molar-refractivity contribution in [3.8, 4) is 0 Å². The molecule has 3 heterocycles. The summed E-state index contributed by atoms with van der Waals surface area (Å²) >= 11 is 0. The Morgan fingerprint density at radius 1 is 1.15 bits per heavy atom. The van der Waals surface area contributed by atoms with Crippen LogP contribution >= 0.6 is 0 Å². The maximum atomic E-state index is 10.6. The van der Waals surface area contributed by atoms with Crippen molar-refractivity contribution >= 4 is 0 Å². The molecule has 0 saturated carbocycles. The Labute approximate surface area is 162 Å². The Morgan fingerprint density at radius 3 is 2.74 bits per heavy atom. The van der Waals surface area contributed by atoms with Gasteiger partial charge in [0.15, 0.2) is 0 Å². The first-order chi connectivity index (χ1) is 13.3. The van der Waals surface area contributed by atoms with Gasteiger partial charge in [0, 0.05) is 63.9 Å². The van der Waals surface area contributed by atoms with Crippen LogP contribution in [-0.4, -0.2) is 66.4 Å². The first kappa shape index (κ1) is 18.5. The molecule has 1 fully saturated rings. The molecule has 1 saturated heterocycles. The number of β-amino-alcohol motifs (C(OH)–C–C–N with tert-alkyl or cyclic N) is 1. The third-order valence-corrected chi connectivity index (χ3v) is 5.73. The van der Waals surface area contributed by atoms with Gasteiger partial charge in [-0.05, 0) is 42.5 Å². The number of benzene rings is 1. The van der Waals surface area contributed by atoms with Crippen LogP contribution in [0.3, 0.4) is 0 Å². The molecular weight excluding hydrogens is 338 g/mol. The van der Waals surface area contributed by atoms with Gasteiger partial charge in [-0.2, -0.15) is 0 Å². The number of hydrogen-bond donors (Lipinski definition) is 2. The highest BCUT2D eigenvalue weighted by atomic mass is 16.5. The molecule has 1 unspecified atom stereocenters. The largest absolute Gasteiger partial charge is 0.390 e. The van der Waals surface area contributed by atoms with Gasteiger partial charge in [0.05, 0.1) is 6.10 Å². The van der Waals surface area contributed by atoms with Crippen LogP contribution in [0.15, 0.2) is 48.3 Å². The number of aliphatic hydroxyl groups excluding tert-OH is 1. The Kier molecular flexibility index (Phi) is 6.12. The SMILES string of the molecule is OC(CN1C=CC(NC2CCOCC2)=CC1)CN1CCc2ccccc2C1. The van der Waals surface area contributed by atoms with Gasteiger partial charge < -0.3 is 20.1 Å². The van der Waals surface area contributed by atoms with E-state index in [9.17, 15) is 5.11 Å². The quantitative estimate of drug-likeness (QED) is 0.802. The van der Waals surface area contributed by atoms with Gasteiger partial charge in [-0.25, -0.2) is 0 Å². The third kappa shape index (κ3) is 5.12. The number of rotatable bonds is 6. The van der Waals surface area contributed by atoms with E-state index in [0.29, 0.717) is 12.6 Å². The number of nitrogens with one attached hydrogen (secondary N) is 1. The zero-order valence-electron chi connectivity index (χ0n) is 16.0. The van der Waals surface area contributed by atoms with Gasteiger partial charge in [-0.15, -0.1) is 0 Å². The number of allylic oxidation sites excluding steroid dienone is 1. The molecule has 4 rings (SSSR count). The van der Waals surface area contributed by atoms with E-state index < -0.39 is 0 Å². The minimum absolute atomic E-state index is 0.335. The normalized spacial score (nSPS) is 22.3. The van der Waals surface area contributed by atoms with Crippen molar-refractivity contribution in [2.75, 3.05) is 39.4 Å². The summed E-state index contributed by atoms with van der Waals surface area (Å²) in [6.45, 7) is 5.94. The molecule has 3 aliphatic heterocycles. The first-order valence-electron chi connectivity index (χ1n) is 10.2. The van der Waals surface area contributed by atoms with Crippen molar-refractivity contribution in [1.29, 1.82) is 0 Å². The second-order valence-corrected chi connectivity index (χ2v) is 7.87. The fourth-order valence-electron chi connectivity index (χ4n) is 4.19. The summed E-state index contributed by atoms with van der Waals surface area (Å²) in [4.78, 5) is 4.56. The van der Waals surface area contributed by atoms with Crippen LogP contribution < -0.4 is 5.32 Å². The molecule has 1 aromatic carbocycles. The molecule has 1 aromatic rings. The Morgan fingerprint density at radius 2 is 1.96 bits per heavy atom. The molecule has 1 atom stereocenters. The van der Waals surface area contributed by atoms with Crippen molar-refractivity contribution in [3.05, 3.63) is 59.4 Å². The van der Waals surface area contributed by atoms with E-state index >= 15 is 0 Å². The zero-order valence-corrected chi connectivity index (χ0v) is 16.0. The van der Waals surface area contributed by atoms with Crippen LogP contribution in [0.5, 0.6) is 0 Å². The smallest absolute Gasteiger partial charge is 0.0841 e. The van der Waals surface area contributed by atoms with E-state index in [1.165, 1.54) is 16.8 Å². The molecule has 0 amide bonds.